The first-order chi connectivity index (χ1) is 13.7. The van der Waals surface area contributed by atoms with Gasteiger partial charge in [0.15, 0.2) is 0 Å². The second-order valence-corrected chi connectivity index (χ2v) is 7.12. The van der Waals surface area contributed by atoms with E-state index in [1.54, 1.807) is 36.6 Å². The number of nitrogens with one attached hydrogen (secondary N) is 1. The summed E-state index contributed by atoms with van der Waals surface area (Å²) in [5.41, 5.74) is 3.38. The Kier molecular flexibility index (Phi) is 5.21. The highest BCUT2D eigenvalue weighted by atomic mass is 32.1. The zero-order valence-corrected chi connectivity index (χ0v) is 16.1. The number of thiophene rings is 1. The third-order valence-corrected chi connectivity index (χ3v) is 5.21. The molecule has 0 bridgehead atoms. The van der Waals surface area contributed by atoms with Crippen molar-refractivity contribution in [3.63, 3.8) is 0 Å². The van der Waals surface area contributed by atoms with Crippen LogP contribution in [0.4, 0.5) is 0 Å². The highest BCUT2D eigenvalue weighted by Gasteiger charge is 2.15. The van der Waals surface area contributed by atoms with Gasteiger partial charge >= 0.3 is 0 Å². The van der Waals surface area contributed by atoms with Crippen molar-refractivity contribution >= 4 is 17.2 Å². The molecule has 4 aromatic rings. The molecule has 0 spiro atoms. The lowest BCUT2D eigenvalue weighted by Gasteiger charge is -2.06. The van der Waals surface area contributed by atoms with Gasteiger partial charge in [0.25, 0.3) is 5.91 Å². The quantitative estimate of drug-likeness (QED) is 0.527. The number of ether oxygens (including phenoxy) is 1. The van der Waals surface area contributed by atoms with Crippen molar-refractivity contribution in [3.8, 4) is 22.0 Å². The normalized spacial score (nSPS) is 10.6. The molecule has 5 nitrogen and oxygen atoms in total. The minimum atomic E-state index is -0.150. The fourth-order valence-electron chi connectivity index (χ4n) is 2.91. The van der Waals surface area contributed by atoms with E-state index in [1.165, 1.54) is 0 Å². The van der Waals surface area contributed by atoms with E-state index in [4.69, 9.17) is 9.84 Å². The van der Waals surface area contributed by atoms with Crippen LogP contribution in [-0.4, -0.2) is 22.8 Å². The lowest BCUT2D eigenvalue weighted by Crippen LogP contribution is -2.22. The van der Waals surface area contributed by atoms with Crippen molar-refractivity contribution in [3.05, 3.63) is 89.4 Å². The maximum Gasteiger partial charge on any atom is 0.251 e. The lowest BCUT2D eigenvalue weighted by molar-refractivity contribution is 0.0950. The van der Waals surface area contributed by atoms with Crippen LogP contribution < -0.4 is 10.1 Å². The van der Waals surface area contributed by atoms with Crippen LogP contribution in [0.1, 0.15) is 15.9 Å². The Morgan fingerprint density at radius 1 is 1.11 bits per heavy atom. The third-order valence-electron chi connectivity index (χ3n) is 4.34. The standard InChI is InChI=1S/C22H19N3O2S/c1-27-19-10-5-7-16(13-19)22(26)23-14-17-15-25(18-8-3-2-4-9-18)24-21(17)20-11-6-12-28-20/h2-13,15H,14H2,1H3,(H,23,26). The van der Waals surface area contributed by atoms with E-state index in [9.17, 15) is 4.79 Å². The van der Waals surface area contributed by atoms with E-state index in [2.05, 4.69) is 5.32 Å². The van der Waals surface area contributed by atoms with Crippen molar-refractivity contribution in [1.29, 1.82) is 0 Å². The van der Waals surface area contributed by atoms with E-state index < -0.39 is 0 Å². The van der Waals surface area contributed by atoms with Gasteiger partial charge in [-0.25, -0.2) is 4.68 Å². The van der Waals surface area contributed by atoms with Gasteiger partial charge in [0.05, 0.1) is 17.7 Å². The second kappa shape index (κ2) is 8.10. The zero-order chi connectivity index (χ0) is 19.3. The van der Waals surface area contributed by atoms with Gasteiger partial charge in [-0.3, -0.25) is 4.79 Å². The number of rotatable bonds is 6. The van der Waals surface area contributed by atoms with Crippen LogP contribution in [0.3, 0.4) is 0 Å². The van der Waals surface area contributed by atoms with E-state index >= 15 is 0 Å². The monoisotopic (exact) mass is 389 g/mol. The molecule has 28 heavy (non-hydrogen) atoms. The molecule has 6 heteroatoms. The average molecular weight is 389 g/mol. The molecule has 0 radical (unpaired) electrons. The molecule has 0 atom stereocenters. The first kappa shape index (κ1) is 18.0. The summed E-state index contributed by atoms with van der Waals surface area (Å²) >= 11 is 1.63. The smallest absolute Gasteiger partial charge is 0.251 e. The maximum atomic E-state index is 12.6. The summed E-state index contributed by atoms with van der Waals surface area (Å²) in [6.45, 7) is 0.385. The zero-order valence-electron chi connectivity index (χ0n) is 15.3. The summed E-state index contributed by atoms with van der Waals surface area (Å²) in [4.78, 5) is 13.6. The van der Waals surface area contributed by atoms with Gasteiger partial charge in [-0.15, -0.1) is 11.3 Å². The average Bonchev–Trinajstić information content (AvgIpc) is 3.42. The van der Waals surface area contributed by atoms with Crippen LogP contribution in [-0.2, 0) is 6.54 Å². The summed E-state index contributed by atoms with van der Waals surface area (Å²) in [5.74, 6) is 0.507. The Balaban J connectivity index is 1.59. The van der Waals surface area contributed by atoms with Gasteiger partial charge in [0.2, 0.25) is 0 Å². The fraction of sp³-hybridized carbons (Fsp3) is 0.0909. The molecular formula is C22H19N3O2S. The summed E-state index contributed by atoms with van der Waals surface area (Å²) in [7, 11) is 1.59. The largest absolute Gasteiger partial charge is 0.497 e. The molecule has 0 unspecified atom stereocenters. The van der Waals surface area contributed by atoms with Crippen molar-refractivity contribution < 1.29 is 9.53 Å². The Morgan fingerprint density at radius 3 is 2.71 bits per heavy atom. The minimum Gasteiger partial charge on any atom is -0.497 e. The number of nitrogens with zero attached hydrogens (tertiary/aromatic N) is 2. The molecule has 0 aliphatic carbocycles. The van der Waals surface area contributed by atoms with Gasteiger partial charge in [0.1, 0.15) is 11.4 Å². The Morgan fingerprint density at radius 2 is 1.96 bits per heavy atom. The molecular weight excluding hydrogens is 370 g/mol. The SMILES string of the molecule is COc1cccc(C(=O)NCc2cn(-c3ccccc3)nc2-c2cccs2)c1. The number of para-hydroxylation sites is 1. The van der Waals surface area contributed by atoms with Crippen LogP contribution >= 0.6 is 11.3 Å². The predicted octanol–water partition coefficient (Wildman–Crippen LogP) is 4.54. The number of aromatic nitrogens is 2. The first-order valence-electron chi connectivity index (χ1n) is 8.84. The highest BCUT2D eigenvalue weighted by molar-refractivity contribution is 7.13. The topological polar surface area (TPSA) is 56.1 Å². The number of carbonyl (C=O) groups is 1. The number of hydrogen-bond donors (Lipinski definition) is 1. The van der Waals surface area contributed by atoms with Crippen LogP contribution in [0.25, 0.3) is 16.3 Å². The summed E-state index contributed by atoms with van der Waals surface area (Å²) in [6.07, 6.45) is 1.97. The second-order valence-electron chi connectivity index (χ2n) is 6.17. The number of benzene rings is 2. The summed E-state index contributed by atoms with van der Waals surface area (Å²) in [6, 6.07) is 21.1. The molecule has 1 N–H and O–H groups in total. The van der Waals surface area contributed by atoms with E-state index in [1.807, 2.05) is 64.8 Å². The Hall–Kier alpha value is -3.38. The molecule has 140 valence electrons. The first-order valence-corrected chi connectivity index (χ1v) is 9.72. The molecule has 2 heterocycles. The molecule has 0 aliphatic rings. The molecule has 0 saturated heterocycles. The highest BCUT2D eigenvalue weighted by Crippen LogP contribution is 2.27. The van der Waals surface area contributed by atoms with Crippen LogP contribution in [0, 0.1) is 0 Å². The van der Waals surface area contributed by atoms with Gasteiger partial charge in [0, 0.05) is 23.9 Å². The molecule has 2 aromatic carbocycles. The predicted molar refractivity (Wildman–Crippen MR) is 111 cm³/mol. The number of methoxy groups -OCH3 is 1. The minimum absolute atomic E-state index is 0.150. The van der Waals surface area contributed by atoms with E-state index in [0.717, 1.165) is 21.8 Å². The van der Waals surface area contributed by atoms with Crippen molar-refractivity contribution in [1.82, 2.24) is 15.1 Å². The van der Waals surface area contributed by atoms with Gasteiger partial charge in [-0.1, -0.05) is 30.3 Å². The molecule has 1 amide bonds. The van der Waals surface area contributed by atoms with Gasteiger partial charge in [-0.2, -0.15) is 5.10 Å². The molecule has 0 saturated carbocycles. The lowest BCUT2D eigenvalue weighted by atomic mass is 10.2. The summed E-state index contributed by atoms with van der Waals surface area (Å²) in [5, 5.41) is 9.77. The van der Waals surface area contributed by atoms with Crippen LogP contribution in [0.5, 0.6) is 5.75 Å². The molecule has 4 rings (SSSR count). The van der Waals surface area contributed by atoms with Crippen LogP contribution in [0.15, 0.2) is 78.3 Å². The Bertz CT molecular complexity index is 1070. The molecule has 0 aliphatic heterocycles. The van der Waals surface area contributed by atoms with Crippen molar-refractivity contribution in [2.24, 2.45) is 0 Å². The Labute approximate surface area is 167 Å². The van der Waals surface area contributed by atoms with Gasteiger partial charge < -0.3 is 10.1 Å². The number of hydrogen-bond acceptors (Lipinski definition) is 4. The molecule has 2 aromatic heterocycles. The third kappa shape index (κ3) is 3.82. The fourth-order valence-corrected chi connectivity index (χ4v) is 3.66. The van der Waals surface area contributed by atoms with Crippen LogP contribution in [0.2, 0.25) is 0 Å². The maximum absolute atomic E-state index is 12.6. The van der Waals surface area contributed by atoms with Gasteiger partial charge in [-0.05, 0) is 41.8 Å². The van der Waals surface area contributed by atoms with Crippen molar-refractivity contribution in [2.45, 2.75) is 6.54 Å². The van der Waals surface area contributed by atoms with E-state index in [-0.39, 0.29) is 5.91 Å². The number of carbonyl (C=O) groups excluding carboxylic acids is 1. The van der Waals surface area contributed by atoms with Crippen molar-refractivity contribution in [2.75, 3.05) is 7.11 Å². The summed E-state index contributed by atoms with van der Waals surface area (Å²) < 4.78 is 7.05. The number of amides is 1. The molecule has 0 fully saturated rings. The van der Waals surface area contributed by atoms with E-state index in [0.29, 0.717) is 17.9 Å².